The summed E-state index contributed by atoms with van der Waals surface area (Å²) < 4.78 is 29.9. The maximum absolute atomic E-state index is 13.3. The fraction of sp³-hybridized carbons (Fsp3) is 0.545. The molecule has 1 spiro atoms. The van der Waals surface area contributed by atoms with Crippen LogP contribution in [0.4, 0.5) is 5.69 Å². The number of carbonyl (C=O) groups excluding carboxylic acids is 1. The standard InChI is InChI=1S/C33H40ClN3O4S/c1-20-4-3-5-30(40-2)25-9-6-22(25)16-37-18-33(15-23-12-26(23)27-14-24(34)8-10-28(27)33)19-41-31-11-7-21(13-29(31)37)32(38)36-42(35,39)17-20/h3,5,7-8,10-11,13-14,20,22-23,25-26,30H,4,6,9,12,15-19H2,1-2H3,(H2,35,36,38,39)/b5-3+/t20-,22-,23-,25+,26-,30-,33-,42+/m0/s1. The Kier molecular flexibility index (Phi) is 7.20. The summed E-state index contributed by atoms with van der Waals surface area (Å²) in [6.45, 7) is 4.18. The minimum Gasteiger partial charge on any atom is -0.490 e. The van der Waals surface area contributed by atoms with Gasteiger partial charge in [-0.3, -0.25) is 4.79 Å². The summed E-state index contributed by atoms with van der Waals surface area (Å²) in [6.07, 6.45) is 9.51. The average molecular weight is 610 g/mol. The topological polar surface area (TPSA) is 94.2 Å². The van der Waals surface area contributed by atoms with Crippen molar-refractivity contribution in [3.05, 3.63) is 70.3 Å². The Labute approximate surface area is 254 Å². The summed E-state index contributed by atoms with van der Waals surface area (Å²) in [4.78, 5) is 15.8. The molecule has 9 heteroatoms. The summed E-state index contributed by atoms with van der Waals surface area (Å²) >= 11 is 6.49. The molecule has 7 nitrogen and oxygen atoms in total. The van der Waals surface area contributed by atoms with Crippen LogP contribution in [-0.2, 0) is 20.1 Å². The molecular weight excluding hydrogens is 570 g/mol. The number of nitrogens with zero attached hydrogens (tertiary/aromatic N) is 2. The van der Waals surface area contributed by atoms with Crippen molar-refractivity contribution in [1.29, 1.82) is 0 Å². The summed E-state index contributed by atoms with van der Waals surface area (Å²) in [5.74, 6) is 2.47. The van der Waals surface area contributed by atoms with Crippen LogP contribution in [-0.4, -0.2) is 48.8 Å². The lowest BCUT2D eigenvalue weighted by Crippen LogP contribution is -2.49. The number of amides is 1. The highest BCUT2D eigenvalue weighted by Gasteiger charge is 2.54. The molecule has 2 aliphatic heterocycles. The van der Waals surface area contributed by atoms with E-state index >= 15 is 0 Å². The van der Waals surface area contributed by atoms with E-state index in [0.717, 1.165) is 48.8 Å². The average Bonchev–Trinajstić information content (AvgIpc) is 3.72. The normalized spacial score (nSPS) is 38.1. The number of carbonyl (C=O) groups is 1. The van der Waals surface area contributed by atoms with Crippen molar-refractivity contribution in [1.82, 2.24) is 0 Å². The SMILES string of the molecule is CO[C@H]1/C=C/C[C@H](C)C[S@](N)(=O)=NC(=O)c2ccc3c(c2)N(C[C@@H]2CC[C@H]21)C[C@]1(CO3)C[C@@H]2C[C@@H]2c2cc(Cl)ccc21. The molecule has 2 heterocycles. The molecule has 2 N–H and O–H groups in total. The van der Waals surface area contributed by atoms with Gasteiger partial charge in [0.2, 0.25) is 0 Å². The predicted octanol–water partition coefficient (Wildman–Crippen LogP) is 6.10. The van der Waals surface area contributed by atoms with Crippen LogP contribution in [0, 0.1) is 23.7 Å². The molecule has 1 amide bonds. The highest BCUT2D eigenvalue weighted by molar-refractivity contribution is 7.91. The van der Waals surface area contributed by atoms with Crippen LogP contribution in [0.5, 0.6) is 5.75 Å². The van der Waals surface area contributed by atoms with Gasteiger partial charge in [-0.2, -0.15) is 0 Å². The molecule has 224 valence electrons. The van der Waals surface area contributed by atoms with E-state index in [0.29, 0.717) is 42.3 Å². The van der Waals surface area contributed by atoms with E-state index in [1.165, 1.54) is 17.5 Å². The molecule has 0 saturated heterocycles. The van der Waals surface area contributed by atoms with E-state index in [4.69, 9.17) is 26.2 Å². The summed E-state index contributed by atoms with van der Waals surface area (Å²) in [5.41, 5.74) is 3.80. The molecule has 5 aliphatic rings. The maximum Gasteiger partial charge on any atom is 0.286 e. The molecule has 3 aliphatic carbocycles. The van der Waals surface area contributed by atoms with Gasteiger partial charge in [0.1, 0.15) is 15.7 Å². The molecule has 0 aromatic heterocycles. The van der Waals surface area contributed by atoms with E-state index in [-0.39, 0.29) is 23.2 Å². The Hall–Kier alpha value is -2.39. The van der Waals surface area contributed by atoms with E-state index in [1.54, 1.807) is 13.2 Å². The smallest absolute Gasteiger partial charge is 0.286 e. The molecule has 0 radical (unpaired) electrons. The molecule has 2 fully saturated rings. The van der Waals surface area contributed by atoms with Gasteiger partial charge < -0.3 is 14.4 Å². The quantitative estimate of drug-likeness (QED) is 0.394. The lowest BCUT2D eigenvalue weighted by molar-refractivity contribution is 0.0131. The van der Waals surface area contributed by atoms with Gasteiger partial charge in [0, 0.05) is 42.0 Å². The van der Waals surface area contributed by atoms with Crippen LogP contribution >= 0.6 is 11.6 Å². The zero-order valence-corrected chi connectivity index (χ0v) is 25.9. The van der Waals surface area contributed by atoms with Crippen molar-refractivity contribution >= 4 is 33.1 Å². The fourth-order valence-corrected chi connectivity index (χ4v) is 9.65. The van der Waals surface area contributed by atoms with Gasteiger partial charge in [-0.25, -0.2) is 9.35 Å². The third-order valence-electron chi connectivity index (χ3n) is 10.4. The van der Waals surface area contributed by atoms with Gasteiger partial charge in [-0.15, -0.1) is 4.36 Å². The van der Waals surface area contributed by atoms with Gasteiger partial charge in [0.05, 0.1) is 18.4 Å². The molecule has 2 saturated carbocycles. The Morgan fingerprint density at radius 1 is 1.19 bits per heavy atom. The molecule has 8 atom stereocenters. The Balaban J connectivity index is 1.32. The second-order valence-corrected chi connectivity index (χ2v) is 15.7. The van der Waals surface area contributed by atoms with Crippen LogP contribution in [0.3, 0.4) is 0 Å². The summed E-state index contributed by atoms with van der Waals surface area (Å²) in [7, 11) is -1.39. The lowest BCUT2D eigenvalue weighted by atomic mass is 9.68. The number of hydrogen-bond donors (Lipinski definition) is 1. The van der Waals surface area contributed by atoms with Crippen LogP contribution in [0.2, 0.25) is 5.02 Å². The number of allylic oxidation sites excluding steroid dienone is 1. The number of methoxy groups -OCH3 is 1. The summed E-state index contributed by atoms with van der Waals surface area (Å²) in [6, 6.07) is 11.9. The van der Waals surface area contributed by atoms with Crippen molar-refractivity contribution in [3.8, 4) is 5.75 Å². The molecule has 0 unspecified atom stereocenters. The maximum atomic E-state index is 13.3. The van der Waals surface area contributed by atoms with Crippen LogP contribution in [0.15, 0.2) is 52.9 Å². The molecule has 2 aromatic carbocycles. The van der Waals surface area contributed by atoms with Gasteiger partial charge in [-0.1, -0.05) is 36.7 Å². The number of hydrogen-bond acceptors (Lipinski definition) is 5. The summed E-state index contributed by atoms with van der Waals surface area (Å²) in [5, 5.41) is 6.89. The first-order valence-corrected chi connectivity index (χ1v) is 17.4. The Morgan fingerprint density at radius 3 is 2.83 bits per heavy atom. The van der Waals surface area contributed by atoms with Gasteiger partial charge >= 0.3 is 0 Å². The number of rotatable bonds is 1. The Bertz CT molecular complexity index is 1570. The minimum absolute atomic E-state index is 0.0179. The van der Waals surface area contributed by atoms with Crippen molar-refractivity contribution < 1.29 is 18.5 Å². The zero-order valence-electron chi connectivity index (χ0n) is 24.3. The van der Waals surface area contributed by atoms with Crippen molar-refractivity contribution in [2.24, 2.45) is 33.2 Å². The van der Waals surface area contributed by atoms with Crippen LogP contribution in [0.1, 0.15) is 66.4 Å². The van der Waals surface area contributed by atoms with Crippen LogP contribution in [0.25, 0.3) is 0 Å². The van der Waals surface area contributed by atoms with E-state index in [9.17, 15) is 9.00 Å². The largest absolute Gasteiger partial charge is 0.490 e. The molecular formula is C33H40ClN3O4S. The van der Waals surface area contributed by atoms with Crippen molar-refractivity contribution in [3.63, 3.8) is 0 Å². The van der Waals surface area contributed by atoms with E-state index < -0.39 is 15.8 Å². The van der Waals surface area contributed by atoms with Gasteiger partial charge in [0.25, 0.3) is 5.91 Å². The first kappa shape index (κ1) is 28.4. The third-order valence-corrected chi connectivity index (χ3v) is 12.1. The van der Waals surface area contributed by atoms with Crippen LogP contribution < -0.4 is 14.8 Å². The second-order valence-electron chi connectivity index (χ2n) is 13.4. The fourth-order valence-electron chi connectivity index (χ4n) is 8.05. The molecule has 2 aromatic rings. The lowest BCUT2D eigenvalue weighted by Gasteiger charge is -2.46. The van der Waals surface area contributed by atoms with Crippen molar-refractivity contribution in [2.45, 2.75) is 56.5 Å². The third kappa shape index (κ3) is 5.18. The number of fused-ring (bicyclic) bond motifs is 6. The minimum atomic E-state index is -3.18. The van der Waals surface area contributed by atoms with E-state index in [1.807, 2.05) is 25.1 Å². The zero-order chi connectivity index (χ0) is 29.2. The highest BCUT2D eigenvalue weighted by atomic mass is 35.5. The van der Waals surface area contributed by atoms with E-state index in [2.05, 4.69) is 33.5 Å². The number of ether oxygens (including phenoxy) is 2. The highest BCUT2D eigenvalue weighted by Crippen LogP contribution is 2.61. The first-order chi connectivity index (χ1) is 20.1. The first-order valence-electron chi connectivity index (χ1n) is 15.2. The number of halogens is 1. The molecule has 7 rings (SSSR count). The Morgan fingerprint density at radius 2 is 2.05 bits per heavy atom. The second kappa shape index (κ2) is 10.7. The van der Waals surface area contributed by atoms with Crippen molar-refractivity contribution in [2.75, 3.05) is 37.5 Å². The number of anilines is 1. The van der Waals surface area contributed by atoms with Gasteiger partial charge in [0.15, 0.2) is 0 Å². The number of benzene rings is 2. The molecule has 2 bridgehead atoms. The number of nitrogens with two attached hydrogens (primary N) is 1. The monoisotopic (exact) mass is 609 g/mol. The van der Waals surface area contributed by atoms with Gasteiger partial charge in [-0.05, 0) is 103 Å². The predicted molar refractivity (Wildman–Crippen MR) is 167 cm³/mol. The molecule has 42 heavy (non-hydrogen) atoms.